The summed E-state index contributed by atoms with van der Waals surface area (Å²) >= 11 is 3.53. The van der Waals surface area contributed by atoms with E-state index < -0.39 is 0 Å². The first kappa shape index (κ1) is 13.6. The topological polar surface area (TPSA) is 55.6 Å². The first-order valence-electron chi connectivity index (χ1n) is 6.82. The molecule has 2 unspecified atom stereocenters. The lowest BCUT2D eigenvalue weighted by Crippen LogP contribution is -2.42. The van der Waals surface area contributed by atoms with E-state index in [1.165, 1.54) is 12.8 Å². The van der Waals surface area contributed by atoms with Crippen molar-refractivity contribution in [3.63, 3.8) is 0 Å². The molecule has 1 aliphatic heterocycles. The lowest BCUT2D eigenvalue weighted by molar-refractivity contribution is 0.384. The fraction of sp³-hybridized carbons (Fsp3) is 0.615. The lowest BCUT2D eigenvalue weighted by atomic mass is 9.95. The number of methoxy groups -OCH3 is 1. The highest BCUT2D eigenvalue weighted by Crippen LogP contribution is 2.30. The molecule has 0 N–H and O–H groups in total. The van der Waals surface area contributed by atoms with Gasteiger partial charge in [0.05, 0.1) is 13.3 Å². The van der Waals surface area contributed by atoms with Crippen LogP contribution in [0.5, 0.6) is 5.88 Å². The number of halogens is 1. The minimum absolute atomic E-state index is 0.463. The summed E-state index contributed by atoms with van der Waals surface area (Å²) in [5.74, 6) is 2.01. The Bertz CT molecular complexity index is 628. The van der Waals surface area contributed by atoms with Crippen molar-refractivity contribution in [2.75, 3.05) is 18.6 Å². The van der Waals surface area contributed by atoms with Crippen molar-refractivity contribution in [1.82, 2.24) is 19.6 Å². The summed E-state index contributed by atoms with van der Waals surface area (Å²) in [6.45, 7) is 5.51. The second-order valence-corrected chi connectivity index (χ2v) is 6.25. The van der Waals surface area contributed by atoms with Crippen molar-refractivity contribution in [3.05, 3.63) is 10.8 Å². The van der Waals surface area contributed by atoms with Gasteiger partial charge in [0, 0.05) is 12.6 Å². The van der Waals surface area contributed by atoms with Crippen LogP contribution < -0.4 is 9.64 Å². The highest BCUT2D eigenvalue weighted by molar-refractivity contribution is 9.10. The molecule has 7 heteroatoms. The molecule has 0 spiro atoms. The second kappa shape index (κ2) is 5.20. The highest BCUT2D eigenvalue weighted by Gasteiger charge is 2.27. The molecule has 20 heavy (non-hydrogen) atoms. The summed E-state index contributed by atoms with van der Waals surface area (Å²) in [5, 5.41) is 8.60. The van der Waals surface area contributed by atoms with E-state index in [9.17, 15) is 0 Å². The van der Waals surface area contributed by atoms with E-state index in [0.717, 1.165) is 17.1 Å². The van der Waals surface area contributed by atoms with Crippen LogP contribution in [0.15, 0.2) is 10.8 Å². The Labute approximate surface area is 126 Å². The van der Waals surface area contributed by atoms with Crippen LogP contribution in [-0.4, -0.2) is 39.3 Å². The Morgan fingerprint density at radius 3 is 2.85 bits per heavy atom. The van der Waals surface area contributed by atoms with Gasteiger partial charge in [0.2, 0.25) is 11.6 Å². The van der Waals surface area contributed by atoms with Crippen LogP contribution in [0.3, 0.4) is 0 Å². The van der Waals surface area contributed by atoms with Crippen LogP contribution in [0.25, 0.3) is 5.65 Å². The molecule has 0 aliphatic carbocycles. The molecule has 6 nitrogen and oxygen atoms in total. The minimum atomic E-state index is 0.463. The Hall–Kier alpha value is -1.37. The average molecular weight is 340 g/mol. The molecule has 0 radical (unpaired) electrons. The second-order valence-electron chi connectivity index (χ2n) is 5.43. The van der Waals surface area contributed by atoms with Gasteiger partial charge in [-0.05, 0) is 41.6 Å². The molecule has 1 saturated heterocycles. The van der Waals surface area contributed by atoms with Gasteiger partial charge >= 0.3 is 0 Å². The number of nitrogens with zero attached hydrogens (tertiary/aromatic N) is 5. The monoisotopic (exact) mass is 339 g/mol. The van der Waals surface area contributed by atoms with Gasteiger partial charge in [0.1, 0.15) is 4.60 Å². The van der Waals surface area contributed by atoms with E-state index in [0.29, 0.717) is 23.5 Å². The number of fused-ring (bicyclic) bond motifs is 1. The van der Waals surface area contributed by atoms with Crippen molar-refractivity contribution in [2.45, 2.75) is 32.7 Å². The van der Waals surface area contributed by atoms with Crippen LogP contribution in [0.4, 0.5) is 5.95 Å². The maximum absolute atomic E-state index is 5.26. The van der Waals surface area contributed by atoms with Crippen LogP contribution in [-0.2, 0) is 0 Å². The molecule has 2 aromatic heterocycles. The predicted octanol–water partition coefficient (Wildman–Crippen LogP) is 2.52. The van der Waals surface area contributed by atoms with Crippen LogP contribution >= 0.6 is 15.9 Å². The molecule has 0 aromatic carbocycles. The van der Waals surface area contributed by atoms with Gasteiger partial charge in [-0.3, -0.25) is 0 Å². The molecule has 108 valence electrons. The van der Waals surface area contributed by atoms with Crippen molar-refractivity contribution >= 4 is 27.5 Å². The van der Waals surface area contributed by atoms with E-state index in [1.54, 1.807) is 13.3 Å². The molecule has 0 amide bonds. The Morgan fingerprint density at radius 1 is 1.30 bits per heavy atom. The Morgan fingerprint density at radius 2 is 2.10 bits per heavy atom. The van der Waals surface area contributed by atoms with E-state index in [-0.39, 0.29) is 0 Å². The summed E-state index contributed by atoms with van der Waals surface area (Å²) < 4.78 is 8.05. The van der Waals surface area contributed by atoms with Gasteiger partial charge in [-0.1, -0.05) is 6.92 Å². The van der Waals surface area contributed by atoms with Gasteiger partial charge in [-0.2, -0.15) is 0 Å². The third kappa shape index (κ3) is 2.13. The number of aromatic nitrogens is 4. The van der Waals surface area contributed by atoms with Gasteiger partial charge in [0.15, 0.2) is 0 Å². The summed E-state index contributed by atoms with van der Waals surface area (Å²) in [6.07, 6.45) is 4.16. The molecule has 0 bridgehead atoms. The van der Waals surface area contributed by atoms with Crippen LogP contribution in [0, 0.1) is 5.92 Å². The number of anilines is 1. The molecule has 0 saturated carbocycles. The van der Waals surface area contributed by atoms with E-state index in [1.807, 2.05) is 4.40 Å². The summed E-state index contributed by atoms with van der Waals surface area (Å²) in [4.78, 5) is 6.52. The predicted molar refractivity (Wildman–Crippen MR) is 80.2 cm³/mol. The summed E-state index contributed by atoms with van der Waals surface area (Å²) in [7, 11) is 1.59. The zero-order valence-corrected chi connectivity index (χ0v) is 13.5. The molecule has 3 heterocycles. The van der Waals surface area contributed by atoms with Crippen LogP contribution in [0.1, 0.15) is 26.7 Å². The Kier molecular flexibility index (Phi) is 3.54. The third-order valence-electron chi connectivity index (χ3n) is 3.91. The standard InChI is InChI=1S/C13H18BrN5O/c1-8-4-5-9(2)18(7-8)13-17-16-11-12(20-3)15-6-10(14)19(11)13/h6,8-9H,4-5,7H2,1-3H3. The first-order chi connectivity index (χ1) is 9.61. The highest BCUT2D eigenvalue weighted by atomic mass is 79.9. The molecule has 1 fully saturated rings. The fourth-order valence-corrected chi connectivity index (χ4v) is 3.16. The quantitative estimate of drug-likeness (QED) is 0.841. The Balaban J connectivity index is 2.12. The van der Waals surface area contributed by atoms with Gasteiger partial charge in [-0.25, -0.2) is 9.38 Å². The largest absolute Gasteiger partial charge is 0.478 e. The molecule has 2 aromatic rings. The number of ether oxygens (including phenoxy) is 1. The number of hydrogen-bond acceptors (Lipinski definition) is 5. The third-order valence-corrected chi connectivity index (χ3v) is 4.47. The van der Waals surface area contributed by atoms with Crippen molar-refractivity contribution in [3.8, 4) is 5.88 Å². The van der Waals surface area contributed by atoms with E-state index in [4.69, 9.17) is 4.74 Å². The van der Waals surface area contributed by atoms with Crippen molar-refractivity contribution < 1.29 is 4.74 Å². The summed E-state index contributed by atoms with van der Waals surface area (Å²) in [6, 6.07) is 0.463. The minimum Gasteiger partial charge on any atom is -0.478 e. The molecular weight excluding hydrogens is 322 g/mol. The number of hydrogen-bond donors (Lipinski definition) is 0. The SMILES string of the molecule is COc1ncc(Br)n2c(N3CC(C)CCC3C)nnc12. The zero-order chi connectivity index (χ0) is 14.3. The maximum Gasteiger partial charge on any atom is 0.260 e. The van der Waals surface area contributed by atoms with Gasteiger partial charge in [-0.15, -0.1) is 10.2 Å². The number of rotatable bonds is 2. The van der Waals surface area contributed by atoms with Crippen molar-refractivity contribution in [2.24, 2.45) is 5.92 Å². The van der Waals surface area contributed by atoms with E-state index in [2.05, 4.69) is 49.9 Å². The molecular formula is C13H18BrN5O. The van der Waals surface area contributed by atoms with E-state index >= 15 is 0 Å². The van der Waals surface area contributed by atoms with Crippen LogP contribution in [0.2, 0.25) is 0 Å². The molecule has 1 aliphatic rings. The maximum atomic E-state index is 5.26. The lowest BCUT2D eigenvalue weighted by Gasteiger charge is -2.36. The normalized spacial score (nSPS) is 23.3. The van der Waals surface area contributed by atoms with Crippen molar-refractivity contribution in [1.29, 1.82) is 0 Å². The zero-order valence-electron chi connectivity index (χ0n) is 11.9. The molecule has 3 rings (SSSR count). The summed E-state index contributed by atoms with van der Waals surface area (Å²) in [5.41, 5.74) is 0.641. The first-order valence-corrected chi connectivity index (χ1v) is 7.61. The molecule has 2 atom stereocenters. The fourth-order valence-electron chi connectivity index (χ4n) is 2.74. The smallest absolute Gasteiger partial charge is 0.260 e. The van der Waals surface area contributed by atoms with Gasteiger partial charge < -0.3 is 9.64 Å². The average Bonchev–Trinajstić information content (AvgIpc) is 2.88. The number of piperidine rings is 1. The van der Waals surface area contributed by atoms with Gasteiger partial charge in [0.25, 0.3) is 5.88 Å².